The lowest BCUT2D eigenvalue weighted by molar-refractivity contribution is 0.222. The van der Waals surface area contributed by atoms with Crippen LogP contribution in [0.1, 0.15) is 18.4 Å². The molecule has 1 aliphatic rings. The number of urea groups is 1. The first kappa shape index (κ1) is 10.4. The van der Waals surface area contributed by atoms with Crippen LogP contribution in [0.25, 0.3) is 0 Å². The van der Waals surface area contributed by atoms with E-state index in [9.17, 15) is 4.79 Å². The van der Waals surface area contributed by atoms with Gasteiger partial charge in [-0.1, -0.05) is 0 Å². The fourth-order valence-corrected chi connectivity index (χ4v) is 1.64. The minimum Gasteiger partial charge on any atom is -0.324 e. The zero-order chi connectivity index (χ0) is 11.4. The average molecular weight is 216 g/mol. The average Bonchev–Trinajstić information content (AvgIpc) is 2.83. The van der Waals surface area contributed by atoms with Crippen molar-refractivity contribution >= 4 is 11.8 Å². The van der Waals surface area contributed by atoms with Gasteiger partial charge in [-0.3, -0.25) is 5.32 Å². The van der Waals surface area contributed by atoms with Gasteiger partial charge < -0.3 is 4.90 Å². The summed E-state index contributed by atoms with van der Waals surface area (Å²) >= 11 is 0. The second-order valence-electron chi connectivity index (χ2n) is 3.67. The number of rotatable bonds is 1. The van der Waals surface area contributed by atoms with Crippen LogP contribution in [0.4, 0.5) is 10.6 Å². The van der Waals surface area contributed by atoms with Crippen molar-refractivity contribution in [3.05, 3.63) is 23.9 Å². The van der Waals surface area contributed by atoms with Crippen LogP contribution in [0, 0.1) is 11.3 Å². The van der Waals surface area contributed by atoms with Crippen LogP contribution in [0.15, 0.2) is 18.3 Å². The number of pyridine rings is 1. The van der Waals surface area contributed by atoms with E-state index in [0.29, 0.717) is 11.4 Å². The standard InChI is InChI=1S/C11H12N4O/c12-7-9-3-4-10(13-8-9)14-11(16)15-5-1-2-6-15/h3-4,8H,1-2,5-6H2,(H,13,14,16). The largest absolute Gasteiger partial charge is 0.324 e. The van der Waals surface area contributed by atoms with Gasteiger partial charge in [0, 0.05) is 19.3 Å². The van der Waals surface area contributed by atoms with Crippen LogP contribution in [-0.2, 0) is 0 Å². The van der Waals surface area contributed by atoms with Crippen LogP contribution in [0.3, 0.4) is 0 Å². The SMILES string of the molecule is N#Cc1ccc(NC(=O)N2CCCC2)nc1. The van der Waals surface area contributed by atoms with Crippen molar-refractivity contribution in [1.82, 2.24) is 9.88 Å². The van der Waals surface area contributed by atoms with E-state index < -0.39 is 0 Å². The Labute approximate surface area is 93.7 Å². The quantitative estimate of drug-likeness (QED) is 0.774. The number of nitrogens with zero attached hydrogens (tertiary/aromatic N) is 3. The van der Waals surface area contributed by atoms with Gasteiger partial charge in [0.15, 0.2) is 0 Å². The van der Waals surface area contributed by atoms with Crippen LogP contribution in [0.5, 0.6) is 0 Å². The Morgan fingerprint density at radius 2 is 2.19 bits per heavy atom. The highest BCUT2D eigenvalue weighted by Crippen LogP contribution is 2.10. The number of hydrogen-bond acceptors (Lipinski definition) is 3. The number of anilines is 1. The zero-order valence-electron chi connectivity index (χ0n) is 8.81. The molecule has 5 nitrogen and oxygen atoms in total. The summed E-state index contributed by atoms with van der Waals surface area (Å²) in [4.78, 5) is 17.4. The van der Waals surface area contributed by atoms with Gasteiger partial charge in [0.1, 0.15) is 11.9 Å². The van der Waals surface area contributed by atoms with E-state index in [2.05, 4.69) is 10.3 Å². The fourth-order valence-electron chi connectivity index (χ4n) is 1.64. The normalized spacial score (nSPS) is 14.6. The molecule has 0 radical (unpaired) electrons. The predicted molar refractivity (Wildman–Crippen MR) is 58.8 cm³/mol. The topological polar surface area (TPSA) is 69.0 Å². The maximum atomic E-state index is 11.7. The molecule has 1 aromatic heterocycles. The molecular formula is C11H12N4O. The van der Waals surface area contributed by atoms with Crippen molar-refractivity contribution in [3.8, 4) is 6.07 Å². The summed E-state index contributed by atoms with van der Waals surface area (Å²) in [6.45, 7) is 1.62. The zero-order valence-corrected chi connectivity index (χ0v) is 8.81. The van der Waals surface area contributed by atoms with E-state index in [4.69, 9.17) is 5.26 Å². The summed E-state index contributed by atoms with van der Waals surface area (Å²) in [5, 5.41) is 11.3. The molecule has 2 heterocycles. The van der Waals surface area contributed by atoms with Crippen molar-refractivity contribution in [2.45, 2.75) is 12.8 Å². The Morgan fingerprint density at radius 1 is 1.44 bits per heavy atom. The van der Waals surface area contributed by atoms with E-state index in [0.717, 1.165) is 25.9 Å². The van der Waals surface area contributed by atoms with Crippen LogP contribution in [-0.4, -0.2) is 29.0 Å². The number of aromatic nitrogens is 1. The number of likely N-dealkylation sites (tertiary alicyclic amines) is 1. The van der Waals surface area contributed by atoms with Gasteiger partial charge in [0.25, 0.3) is 0 Å². The first-order valence-electron chi connectivity index (χ1n) is 5.21. The van der Waals surface area contributed by atoms with E-state index in [1.165, 1.54) is 6.20 Å². The van der Waals surface area contributed by atoms with Crippen molar-refractivity contribution in [2.24, 2.45) is 0 Å². The summed E-state index contributed by atoms with van der Waals surface area (Å²) < 4.78 is 0. The first-order chi connectivity index (χ1) is 7.79. The molecule has 16 heavy (non-hydrogen) atoms. The fraction of sp³-hybridized carbons (Fsp3) is 0.364. The Bertz CT molecular complexity index is 415. The Morgan fingerprint density at radius 3 is 2.75 bits per heavy atom. The van der Waals surface area contributed by atoms with Gasteiger partial charge in [-0.05, 0) is 25.0 Å². The van der Waals surface area contributed by atoms with Crippen molar-refractivity contribution in [3.63, 3.8) is 0 Å². The van der Waals surface area contributed by atoms with E-state index >= 15 is 0 Å². The molecule has 1 fully saturated rings. The smallest absolute Gasteiger partial charge is 0.323 e. The molecule has 5 heteroatoms. The molecule has 0 saturated carbocycles. The molecule has 1 aromatic rings. The highest BCUT2D eigenvalue weighted by Gasteiger charge is 2.17. The predicted octanol–water partition coefficient (Wildman–Crippen LogP) is 1.58. The highest BCUT2D eigenvalue weighted by atomic mass is 16.2. The Kier molecular flexibility index (Phi) is 3.01. The minimum atomic E-state index is -0.116. The molecule has 1 aliphatic heterocycles. The summed E-state index contributed by atoms with van der Waals surface area (Å²) in [5.41, 5.74) is 0.485. The van der Waals surface area contributed by atoms with E-state index in [1.54, 1.807) is 17.0 Å². The molecule has 0 aromatic carbocycles. The van der Waals surface area contributed by atoms with Crippen molar-refractivity contribution < 1.29 is 4.79 Å². The van der Waals surface area contributed by atoms with Gasteiger partial charge in [0.05, 0.1) is 5.56 Å². The number of carbonyl (C=O) groups is 1. The highest BCUT2D eigenvalue weighted by molar-refractivity contribution is 5.88. The van der Waals surface area contributed by atoms with Gasteiger partial charge in [-0.25, -0.2) is 9.78 Å². The van der Waals surface area contributed by atoms with Crippen LogP contribution < -0.4 is 5.32 Å². The third-order valence-electron chi connectivity index (χ3n) is 2.52. The molecule has 1 saturated heterocycles. The molecular weight excluding hydrogens is 204 g/mol. The van der Waals surface area contributed by atoms with E-state index in [1.807, 2.05) is 6.07 Å². The lowest BCUT2D eigenvalue weighted by Crippen LogP contribution is -2.32. The molecule has 0 unspecified atom stereocenters. The number of nitriles is 1. The second-order valence-corrected chi connectivity index (χ2v) is 3.67. The summed E-state index contributed by atoms with van der Waals surface area (Å²) in [5.74, 6) is 0.482. The first-order valence-corrected chi connectivity index (χ1v) is 5.21. The maximum absolute atomic E-state index is 11.7. The number of carbonyl (C=O) groups excluding carboxylic acids is 1. The number of amides is 2. The van der Waals surface area contributed by atoms with Gasteiger partial charge in [-0.15, -0.1) is 0 Å². The molecule has 2 rings (SSSR count). The molecule has 2 amide bonds. The summed E-state index contributed by atoms with van der Waals surface area (Å²) in [7, 11) is 0. The van der Waals surface area contributed by atoms with Crippen LogP contribution in [0.2, 0.25) is 0 Å². The van der Waals surface area contributed by atoms with Crippen molar-refractivity contribution in [2.75, 3.05) is 18.4 Å². The summed E-state index contributed by atoms with van der Waals surface area (Å²) in [6.07, 6.45) is 3.57. The minimum absolute atomic E-state index is 0.116. The molecule has 0 atom stereocenters. The summed E-state index contributed by atoms with van der Waals surface area (Å²) in [6, 6.07) is 5.12. The molecule has 0 bridgehead atoms. The Hall–Kier alpha value is -2.09. The molecule has 0 aliphatic carbocycles. The number of hydrogen-bond donors (Lipinski definition) is 1. The molecule has 82 valence electrons. The third-order valence-corrected chi connectivity index (χ3v) is 2.52. The van der Waals surface area contributed by atoms with Gasteiger partial charge in [-0.2, -0.15) is 5.26 Å². The molecule has 0 spiro atoms. The second kappa shape index (κ2) is 4.62. The Balaban J connectivity index is 1.98. The van der Waals surface area contributed by atoms with Crippen LogP contribution >= 0.6 is 0 Å². The monoisotopic (exact) mass is 216 g/mol. The number of nitrogens with one attached hydrogen (secondary N) is 1. The third kappa shape index (κ3) is 2.28. The van der Waals surface area contributed by atoms with Gasteiger partial charge >= 0.3 is 6.03 Å². The van der Waals surface area contributed by atoms with Gasteiger partial charge in [0.2, 0.25) is 0 Å². The van der Waals surface area contributed by atoms with E-state index in [-0.39, 0.29) is 6.03 Å². The maximum Gasteiger partial charge on any atom is 0.323 e. The lowest BCUT2D eigenvalue weighted by atomic mass is 10.3. The lowest BCUT2D eigenvalue weighted by Gasteiger charge is -2.15. The van der Waals surface area contributed by atoms with Crippen molar-refractivity contribution in [1.29, 1.82) is 5.26 Å². The molecule has 1 N–H and O–H groups in total.